The van der Waals surface area contributed by atoms with E-state index < -0.39 is 0 Å². The lowest BCUT2D eigenvalue weighted by Gasteiger charge is -2.32. The molecule has 1 atom stereocenters. The summed E-state index contributed by atoms with van der Waals surface area (Å²) < 4.78 is 0. The first-order valence-electron chi connectivity index (χ1n) is 7.85. The molecule has 0 aromatic rings. The molecule has 0 bridgehead atoms. The topological polar surface area (TPSA) is 49.4 Å². The summed E-state index contributed by atoms with van der Waals surface area (Å²) in [6.07, 6.45) is 7.15. The van der Waals surface area contributed by atoms with Gasteiger partial charge in [0.25, 0.3) is 0 Å². The Morgan fingerprint density at radius 1 is 1.30 bits per heavy atom. The van der Waals surface area contributed by atoms with Gasteiger partial charge in [0.2, 0.25) is 11.8 Å². The highest BCUT2D eigenvalue weighted by Crippen LogP contribution is 2.28. The van der Waals surface area contributed by atoms with Crippen LogP contribution in [0.5, 0.6) is 0 Å². The average Bonchev–Trinajstić information content (AvgIpc) is 3.28. The van der Waals surface area contributed by atoms with E-state index in [1.165, 1.54) is 12.8 Å². The van der Waals surface area contributed by atoms with Crippen molar-refractivity contribution in [1.29, 1.82) is 0 Å². The van der Waals surface area contributed by atoms with E-state index >= 15 is 0 Å². The third-order valence-electron chi connectivity index (χ3n) is 4.19. The molecular formula is C16H26N2O2. The van der Waals surface area contributed by atoms with Crippen LogP contribution in [0.15, 0.2) is 11.6 Å². The van der Waals surface area contributed by atoms with Crippen LogP contribution < -0.4 is 5.32 Å². The molecule has 1 unspecified atom stereocenters. The largest absolute Gasteiger partial charge is 0.356 e. The summed E-state index contributed by atoms with van der Waals surface area (Å²) in [4.78, 5) is 26.2. The quantitative estimate of drug-likeness (QED) is 0.783. The van der Waals surface area contributed by atoms with Gasteiger partial charge in [-0.2, -0.15) is 0 Å². The highest BCUT2D eigenvalue weighted by molar-refractivity contribution is 5.93. The number of hydrogen-bond donors (Lipinski definition) is 1. The second kappa shape index (κ2) is 6.91. The minimum absolute atomic E-state index is 0.0270. The van der Waals surface area contributed by atoms with Crippen LogP contribution in [0.4, 0.5) is 0 Å². The molecule has 0 spiro atoms. The Morgan fingerprint density at radius 2 is 2.05 bits per heavy atom. The molecule has 1 saturated heterocycles. The molecule has 20 heavy (non-hydrogen) atoms. The molecule has 0 aromatic carbocycles. The third kappa shape index (κ3) is 4.09. The minimum atomic E-state index is -0.0270. The fraction of sp³-hybridized carbons (Fsp3) is 0.750. The van der Waals surface area contributed by atoms with Crippen LogP contribution in [0, 0.1) is 11.8 Å². The second-order valence-electron chi connectivity index (χ2n) is 6.07. The van der Waals surface area contributed by atoms with Gasteiger partial charge in [-0.3, -0.25) is 9.59 Å². The Labute approximate surface area is 121 Å². The predicted molar refractivity (Wildman–Crippen MR) is 79.1 cm³/mol. The van der Waals surface area contributed by atoms with Gasteiger partial charge in [-0.25, -0.2) is 0 Å². The van der Waals surface area contributed by atoms with Crippen molar-refractivity contribution in [3.63, 3.8) is 0 Å². The highest BCUT2D eigenvalue weighted by Gasteiger charge is 2.30. The molecule has 112 valence electrons. The van der Waals surface area contributed by atoms with Crippen molar-refractivity contribution in [3.05, 3.63) is 11.6 Å². The van der Waals surface area contributed by atoms with Crippen molar-refractivity contribution < 1.29 is 9.59 Å². The fourth-order valence-corrected chi connectivity index (χ4v) is 2.73. The Kier molecular flexibility index (Phi) is 5.21. The van der Waals surface area contributed by atoms with E-state index in [0.29, 0.717) is 12.5 Å². The second-order valence-corrected chi connectivity index (χ2v) is 6.07. The Bertz CT molecular complexity index is 399. The summed E-state index contributed by atoms with van der Waals surface area (Å²) in [6, 6.07) is 0. The first kappa shape index (κ1) is 15.1. The number of hydrogen-bond acceptors (Lipinski definition) is 2. The lowest BCUT2D eigenvalue weighted by atomic mass is 9.96. The molecule has 1 aliphatic heterocycles. The average molecular weight is 278 g/mol. The van der Waals surface area contributed by atoms with E-state index in [9.17, 15) is 9.59 Å². The van der Waals surface area contributed by atoms with Crippen LogP contribution in [0.3, 0.4) is 0 Å². The molecular weight excluding hydrogens is 252 g/mol. The number of piperidine rings is 1. The van der Waals surface area contributed by atoms with Crippen molar-refractivity contribution in [2.24, 2.45) is 11.8 Å². The number of allylic oxidation sites excluding steroid dienone is 1. The van der Waals surface area contributed by atoms with Gasteiger partial charge < -0.3 is 10.2 Å². The first-order chi connectivity index (χ1) is 9.61. The minimum Gasteiger partial charge on any atom is -0.356 e. The number of nitrogens with zero attached hydrogens (tertiary/aromatic N) is 1. The van der Waals surface area contributed by atoms with Gasteiger partial charge in [0, 0.05) is 25.2 Å². The maximum absolute atomic E-state index is 12.3. The number of rotatable bonds is 5. The number of amides is 2. The Hall–Kier alpha value is -1.32. The molecule has 2 fully saturated rings. The van der Waals surface area contributed by atoms with Crippen molar-refractivity contribution in [2.45, 2.75) is 46.0 Å². The molecule has 4 heteroatoms. The number of likely N-dealkylation sites (tertiary alicyclic amines) is 1. The molecule has 0 aromatic heterocycles. The molecule has 4 nitrogen and oxygen atoms in total. The zero-order chi connectivity index (χ0) is 14.5. The molecule has 1 heterocycles. The number of carbonyl (C=O) groups excluding carboxylic acids is 2. The molecule has 0 radical (unpaired) electrons. The van der Waals surface area contributed by atoms with E-state index in [-0.39, 0.29) is 17.7 Å². The van der Waals surface area contributed by atoms with E-state index in [1.54, 1.807) is 0 Å². The van der Waals surface area contributed by atoms with Crippen LogP contribution in [-0.4, -0.2) is 36.3 Å². The van der Waals surface area contributed by atoms with Crippen LogP contribution in [0.1, 0.15) is 46.0 Å². The molecule has 1 saturated carbocycles. The van der Waals surface area contributed by atoms with Crippen LogP contribution in [-0.2, 0) is 9.59 Å². The summed E-state index contributed by atoms with van der Waals surface area (Å²) in [5, 5.41) is 3.04. The molecule has 2 amide bonds. The maximum atomic E-state index is 12.3. The lowest BCUT2D eigenvalue weighted by molar-refractivity contribution is -0.132. The standard InChI is InChI=1S/C16H26N2O2/c1-3-5-12(2)16(20)18-9-4-6-14(11-18)15(19)17-10-13-7-8-13/h5,13-14H,3-4,6-11H2,1-2H3,(H,17,19). The lowest BCUT2D eigenvalue weighted by Crippen LogP contribution is -2.46. The van der Waals surface area contributed by atoms with Gasteiger partial charge in [0.1, 0.15) is 0 Å². The van der Waals surface area contributed by atoms with Gasteiger partial charge in [0.05, 0.1) is 5.92 Å². The molecule has 1 aliphatic carbocycles. The van der Waals surface area contributed by atoms with E-state index in [0.717, 1.165) is 37.9 Å². The van der Waals surface area contributed by atoms with Crippen molar-refractivity contribution in [1.82, 2.24) is 10.2 Å². The summed E-state index contributed by atoms with van der Waals surface area (Å²) in [6.45, 7) is 6.06. The Balaban J connectivity index is 1.85. The van der Waals surface area contributed by atoms with Gasteiger partial charge >= 0.3 is 0 Å². The smallest absolute Gasteiger partial charge is 0.249 e. The monoisotopic (exact) mass is 278 g/mol. The number of nitrogens with one attached hydrogen (secondary N) is 1. The zero-order valence-corrected chi connectivity index (χ0v) is 12.7. The fourth-order valence-electron chi connectivity index (χ4n) is 2.73. The summed E-state index contributed by atoms with van der Waals surface area (Å²) in [5.74, 6) is 0.897. The Morgan fingerprint density at radius 3 is 2.70 bits per heavy atom. The zero-order valence-electron chi connectivity index (χ0n) is 12.7. The first-order valence-corrected chi connectivity index (χ1v) is 7.85. The highest BCUT2D eigenvalue weighted by atomic mass is 16.2. The van der Waals surface area contributed by atoms with Gasteiger partial charge in [-0.05, 0) is 44.9 Å². The SMILES string of the molecule is CCC=C(C)C(=O)N1CCCC(C(=O)NCC2CC2)C1. The van der Waals surface area contributed by atoms with E-state index in [1.807, 2.05) is 24.8 Å². The summed E-state index contributed by atoms with van der Waals surface area (Å²) in [5.41, 5.74) is 0.798. The molecule has 2 aliphatic rings. The van der Waals surface area contributed by atoms with Crippen molar-refractivity contribution in [3.8, 4) is 0 Å². The van der Waals surface area contributed by atoms with E-state index in [4.69, 9.17) is 0 Å². The van der Waals surface area contributed by atoms with E-state index in [2.05, 4.69) is 5.32 Å². The molecule has 1 N–H and O–H groups in total. The summed E-state index contributed by atoms with van der Waals surface area (Å²) >= 11 is 0. The third-order valence-corrected chi connectivity index (χ3v) is 4.19. The van der Waals surface area contributed by atoms with Crippen molar-refractivity contribution in [2.75, 3.05) is 19.6 Å². The maximum Gasteiger partial charge on any atom is 0.249 e. The molecule has 2 rings (SSSR count). The van der Waals surface area contributed by atoms with Crippen molar-refractivity contribution >= 4 is 11.8 Å². The van der Waals surface area contributed by atoms with Crippen LogP contribution in [0.2, 0.25) is 0 Å². The van der Waals surface area contributed by atoms with Gasteiger partial charge in [-0.1, -0.05) is 13.0 Å². The van der Waals surface area contributed by atoms with Crippen LogP contribution >= 0.6 is 0 Å². The predicted octanol–water partition coefficient (Wildman–Crippen LogP) is 2.11. The van der Waals surface area contributed by atoms with Gasteiger partial charge in [-0.15, -0.1) is 0 Å². The summed E-state index contributed by atoms with van der Waals surface area (Å²) in [7, 11) is 0. The normalized spacial score (nSPS) is 23.6. The van der Waals surface area contributed by atoms with Gasteiger partial charge in [0.15, 0.2) is 0 Å². The van der Waals surface area contributed by atoms with Crippen LogP contribution in [0.25, 0.3) is 0 Å². The number of carbonyl (C=O) groups is 2.